The molecule has 0 atom stereocenters. The molecular weight excluding hydrogens is 560 g/mol. The third kappa shape index (κ3) is 7.04. The summed E-state index contributed by atoms with van der Waals surface area (Å²) < 4.78 is 49.9. The Labute approximate surface area is 250 Å². The number of benzene rings is 6. The van der Waals surface area contributed by atoms with Gasteiger partial charge in [0.25, 0.3) is 0 Å². The van der Waals surface area contributed by atoms with Crippen molar-refractivity contribution < 1.29 is 27.4 Å². The van der Waals surface area contributed by atoms with Gasteiger partial charge in [-0.15, -0.1) is 0 Å². The third-order valence-corrected chi connectivity index (χ3v) is 8.13. The van der Waals surface area contributed by atoms with E-state index in [2.05, 4.69) is 0 Å². The molecule has 0 N–H and O–H groups in total. The van der Waals surface area contributed by atoms with Gasteiger partial charge in [0.05, 0.1) is 9.79 Å². The Hall–Kier alpha value is -5.53. The van der Waals surface area contributed by atoms with Crippen molar-refractivity contribution in [2.45, 2.75) is 9.79 Å². The summed E-state index contributed by atoms with van der Waals surface area (Å²) >= 11 is 0. The molecule has 0 aliphatic carbocycles. The number of para-hydroxylation sites is 2. The third-order valence-electron chi connectivity index (χ3n) is 6.34. The summed E-state index contributed by atoms with van der Waals surface area (Å²) in [6, 6.07) is 46.0. The molecule has 0 bridgehead atoms. The van der Waals surface area contributed by atoms with Crippen molar-refractivity contribution in [3.8, 4) is 46.0 Å². The largest absolute Gasteiger partial charge is 0.457 e. The van der Waals surface area contributed by atoms with Crippen LogP contribution in [0, 0.1) is 0 Å². The van der Waals surface area contributed by atoms with E-state index in [9.17, 15) is 8.42 Å². The Kier molecular flexibility index (Phi) is 8.06. The van der Waals surface area contributed by atoms with E-state index in [4.69, 9.17) is 18.9 Å². The van der Waals surface area contributed by atoms with Gasteiger partial charge in [-0.1, -0.05) is 36.4 Å². The highest BCUT2D eigenvalue weighted by atomic mass is 32.2. The van der Waals surface area contributed by atoms with Gasteiger partial charge < -0.3 is 18.9 Å². The zero-order valence-electron chi connectivity index (χ0n) is 22.9. The lowest BCUT2D eigenvalue weighted by Crippen LogP contribution is -2.01. The van der Waals surface area contributed by atoms with Crippen molar-refractivity contribution in [1.29, 1.82) is 0 Å². The first-order chi connectivity index (χ1) is 21.0. The van der Waals surface area contributed by atoms with Crippen LogP contribution in [0.4, 0.5) is 0 Å². The smallest absolute Gasteiger partial charge is 0.206 e. The molecule has 0 amide bonds. The van der Waals surface area contributed by atoms with Crippen LogP contribution in [0.5, 0.6) is 46.0 Å². The van der Waals surface area contributed by atoms with Gasteiger partial charge in [-0.05, 0) is 121 Å². The Balaban J connectivity index is 1.06. The van der Waals surface area contributed by atoms with E-state index >= 15 is 0 Å². The second kappa shape index (κ2) is 12.5. The maximum atomic E-state index is 13.2. The average Bonchev–Trinajstić information content (AvgIpc) is 3.04. The van der Waals surface area contributed by atoms with E-state index < -0.39 is 9.84 Å². The first-order valence-electron chi connectivity index (χ1n) is 13.5. The molecule has 7 heteroatoms. The fourth-order valence-corrected chi connectivity index (χ4v) is 5.44. The molecule has 0 aliphatic rings. The molecule has 6 aromatic rings. The zero-order valence-corrected chi connectivity index (χ0v) is 23.7. The quantitative estimate of drug-likeness (QED) is 0.159. The molecule has 0 saturated heterocycles. The zero-order chi connectivity index (χ0) is 29.5. The van der Waals surface area contributed by atoms with Crippen molar-refractivity contribution in [3.05, 3.63) is 158 Å². The first-order valence-corrected chi connectivity index (χ1v) is 15.0. The minimum atomic E-state index is -3.73. The lowest BCUT2D eigenvalue weighted by molar-refractivity contribution is 0.469. The van der Waals surface area contributed by atoms with E-state index in [1.807, 2.05) is 84.9 Å². The predicted molar refractivity (Wildman–Crippen MR) is 164 cm³/mol. The van der Waals surface area contributed by atoms with Crippen LogP contribution in [-0.4, -0.2) is 8.42 Å². The van der Waals surface area contributed by atoms with Gasteiger partial charge in [0.2, 0.25) is 9.84 Å². The van der Waals surface area contributed by atoms with Gasteiger partial charge >= 0.3 is 0 Å². The Morgan fingerprint density at radius 2 is 0.488 bits per heavy atom. The van der Waals surface area contributed by atoms with Crippen molar-refractivity contribution in [3.63, 3.8) is 0 Å². The number of sulfone groups is 1. The summed E-state index contributed by atoms with van der Waals surface area (Å²) in [5.74, 6) is 5.09. The normalized spacial score (nSPS) is 11.0. The van der Waals surface area contributed by atoms with Crippen molar-refractivity contribution in [1.82, 2.24) is 0 Å². The van der Waals surface area contributed by atoms with Crippen LogP contribution in [0.25, 0.3) is 0 Å². The summed E-state index contributed by atoms with van der Waals surface area (Å²) in [7, 11) is -3.73. The molecule has 0 saturated carbocycles. The fraction of sp³-hybridized carbons (Fsp3) is 0. The lowest BCUT2D eigenvalue weighted by Gasteiger charge is -2.10. The lowest BCUT2D eigenvalue weighted by atomic mass is 10.3. The molecule has 0 radical (unpaired) electrons. The highest BCUT2D eigenvalue weighted by Crippen LogP contribution is 2.31. The van der Waals surface area contributed by atoms with Gasteiger partial charge in [-0.25, -0.2) is 8.42 Å². The van der Waals surface area contributed by atoms with Crippen LogP contribution in [0.15, 0.2) is 168 Å². The molecule has 6 nitrogen and oxygen atoms in total. The number of rotatable bonds is 10. The minimum Gasteiger partial charge on any atom is -0.457 e. The monoisotopic (exact) mass is 586 g/mol. The molecule has 0 aliphatic heterocycles. The van der Waals surface area contributed by atoms with Crippen LogP contribution >= 0.6 is 0 Å². The minimum absolute atomic E-state index is 0.161. The standard InChI is InChI=1S/C36H26O6S/c37-43(38,35-23-19-33(20-24-35)41-31-15-11-29(12-16-31)39-27-7-3-1-4-8-27)36-25-21-34(22-26-36)42-32-17-13-30(14-18-32)40-28-9-5-2-6-10-28/h1-26H. The SMILES string of the molecule is O=S(=O)(c1ccc(Oc2ccc(Oc3ccccc3)cc2)cc1)c1ccc(Oc2ccc(Oc3ccccc3)cc2)cc1. The molecule has 6 rings (SSSR count). The Bertz CT molecular complexity index is 1730. The molecule has 0 heterocycles. The number of hydrogen-bond acceptors (Lipinski definition) is 6. The van der Waals surface area contributed by atoms with E-state index in [0.717, 1.165) is 11.5 Å². The van der Waals surface area contributed by atoms with Crippen molar-refractivity contribution >= 4 is 9.84 Å². The second-order valence-electron chi connectivity index (χ2n) is 9.42. The van der Waals surface area contributed by atoms with Crippen molar-refractivity contribution in [2.75, 3.05) is 0 Å². The Morgan fingerprint density at radius 3 is 0.744 bits per heavy atom. The molecule has 0 unspecified atom stereocenters. The maximum Gasteiger partial charge on any atom is 0.206 e. The van der Waals surface area contributed by atoms with Crippen LogP contribution < -0.4 is 18.9 Å². The molecule has 0 spiro atoms. The van der Waals surface area contributed by atoms with E-state index in [1.165, 1.54) is 24.3 Å². The topological polar surface area (TPSA) is 71.1 Å². The van der Waals surface area contributed by atoms with Crippen LogP contribution in [0.2, 0.25) is 0 Å². The summed E-state index contributed by atoms with van der Waals surface area (Å²) in [6.07, 6.45) is 0. The Morgan fingerprint density at radius 1 is 0.279 bits per heavy atom. The molecule has 0 fully saturated rings. The molecule has 0 aromatic heterocycles. The van der Waals surface area contributed by atoms with Crippen LogP contribution in [-0.2, 0) is 9.84 Å². The summed E-state index contributed by atoms with van der Waals surface area (Å²) in [5, 5.41) is 0. The van der Waals surface area contributed by atoms with Crippen LogP contribution in [0.3, 0.4) is 0 Å². The van der Waals surface area contributed by atoms with E-state index in [-0.39, 0.29) is 9.79 Å². The summed E-state index contributed by atoms with van der Waals surface area (Å²) in [4.78, 5) is 0.322. The van der Waals surface area contributed by atoms with Gasteiger partial charge in [0, 0.05) is 0 Å². The molecule has 43 heavy (non-hydrogen) atoms. The van der Waals surface area contributed by atoms with Crippen molar-refractivity contribution in [2.24, 2.45) is 0 Å². The van der Waals surface area contributed by atoms with Crippen LogP contribution in [0.1, 0.15) is 0 Å². The highest BCUT2D eigenvalue weighted by Gasteiger charge is 2.18. The maximum absolute atomic E-state index is 13.2. The van der Waals surface area contributed by atoms with Gasteiger partial charge in [-0.2, -0.15) is 0 Å². The van der Waals surface area contributed by atoms with E-state index in [1.54, 1.807) is 48.5 Å². The summed E-state index contributed by atoms with van der Waals surface area (Å²) in [6.45, 7) is 0. The molecular formula is C36H26O6S. The molecule has 6 aromatic carbocycles. The first kappa shape index (κ1) is 27.6. The van der Waals surface area contributed by atoms with E-state index in [0.29, 0.717) is 34.5 Å². The number of ether oxygens (including phenoxy) is 4. The second-order valence-corrected chi connectivity index (χ2v) is 11.4. The molecule has 212 valence electrons. The summed E-state index contributed by atoms with van der Waals surface area (Å²) in [5.41, 5.74) is 0. The highest BCUT2D eigenvalue weighted by molar-refractivity contribution is 7.91. The predicted octanol–water partition coefficient (Wildman–Crippen LogP) is 9.69. The van der Waals surface area contributed by atoms with Gasteiger partial charge in [0.15, 0.2) is 0 Å². The number of hydrogen-bond donors (Lipinski definition) is 0. The van der Waals surface area contributed by atoms with Gasteiger partial charge in [0.1, 0.15) is 46.0 Å². The fourth-order valence-electron chi connectivity index (χ4n) is 4.18. The average molecular weight is 587 g/mol. The van der Waals surface area contributed by atoms with Gasteiger partial charge in [-0.3, -0.25) is 0 Å².